The number of nitrogens with zero attached hydrogens (tertiary/aromatic N) is 2. The largest absolute Gasteiger partial charge is 0.275 e. The number of para-hydroxylation sites is 1. The van der Waals surface area contributed by atoms with Crippen LogP contribution in [-0.4, -0.2) is 22.8 Å². The van der Waals surface area contributed by atoms with E-state index in [0.29, 0.717) is 0 Å². The minimum atomic E-state index is -0.812. The second-order valence-corrected chi connectivity index (χ2v) is 7.82. The lowest BCUT2D eigenvalue weighted by molar-refractivity contribution is -0.143. The first-order chi connectivity index (χ1) is 14.6. The average molecular weight is 398 g/mol. The number of fused-ring (bicyclic) bond motifs is 1. The SMILES string of the molecule is Cc1ccc([C@@H]2[C@H]3C(=O)N(Cc4ccccc4)C(=O)[C@@H]3ON2c2ccccc2)cc1. The fraction of sp³-hybridized carbons (Fsp3) is 0.200. The maximum Gasteiger partial charge on any atom is 0.262 e. The Morgan fingerprint density at radius 2 is 1.43 bits per heavy atom. The summed E-state index contributed by atoms with van der Waals surface area (Å²) < 4.78 is 0. The number of benzene rings is 3. The molecule has 3 aromatic carbocycles. The van der Waals surface area contributed by atoms with Gasteiger partial charge in [0.2, 0.25) is 5.91 Å². The van der Waals surface area contributed by atoms with Crippen molar-refractivity contribution in [2.24, 2.45) is 5.92 Å². The van der Waals surface area contributed by atoms with E-state index in [1.165, 1.54) is 4.90 Å². The van der Waals surface area contributed by atoms with Crippen LogP contribution in [0, 0.1) is 12.8 Å². The molecule has 0 unspecified atom stereocenters. The highest BCUT2D eigenvalue weighted by Crippen LogP contribution is 2.46. The van der Waals surface area contributed by atoms with Crippen molar-refractivity contribution in [3.05, 3.63) is 102 Å². The van der Waals surface area contributed by atoms with Gasteiger partial charge in [-0.2, -0.15) is 0 Å². The molecule has 0 spiro atoms. The van der Waals surface area contributed by atoms with Gasteiger partial charge in [0.1, 0.15) is 5.92 Å². The second kappa shape index (κ2) is 7.43. The molecule has 0 N–H and O–H groups in total. The number of anilines is 1. The summed E-state index contributed by atoms with van der Waals surface area (Å²) >= 11 is 0. The molecule has 0 radical (unpaired) electrons. The van der Waals surface area contributed by atoms with Crippen LogP contribution in [-0.2, 0) is 21.0 Å². The van der Waals surface area contributed by atoms with E-state index in [4.69, 9.17) is 4.84 Å². The van der Waals surface area contributed by atoms with Crippen molar-refractivity contribution in [2.75, 3.05) is 5.06 Å². The van der Waals surface area contributed by atoms with Gasteiger partial charge in [-0.3, -0.25) is 19.3 Å². The zero-order valence-corrected chi connectivity index (χ0v) is 16.6. The van der Waals surface area contributed by atoms with Gasteiger partial charge in [0.05, 0.1) is 18.3 Å². The van der Waals surface area contributed by atoms with Crippen LogP contribution >= 0.6 is 0 Å². The van der Waals surface area contributed by atoms with Crippen LogP contribution in [0.5, 0.6) is 0 Å². The number of likely N-dealkylation sites (tertiary alicyclic amines) is 1. The Hall–Kier alpha value is -3.44. The third kappa shape index (κ3) is 3.08. The van der Waals surface area contributed by atoms with Crippen LogP contribution < -0.4 is 5.06 Å². The molecular formula is C25H22N2O3. The maximum absolute atomic E-state index is 13.4. The molecule has 150 valence electrons. The number of carbonyl (C=O) groups excluding carboxylic acids is 2. The number of aryl methyl sites for hydroxylation is 1. The molecule has 0 aliphatic carbocycles. The molecule has 0 saturated carbocycles. The van der Waals surface area contributed by atoms with Crippen LogP contribution in [0.1, 0.15) is 22.7 Å². The molecule has 2 aliphatic heterocycles. The fourth-order valence-electron chi connectivity index (χ4n) is 4.29. The third-order valence-corrected chi connectivity index (χ3v) is 5.82. The Bertz CT molecular complexity index is 1070. The Kier molecular flexibility index (Phi) is 4.60. The van der Waals surface area contributed by atoms with Crippen LogP contribution in [0.4, 0.5) is 5.69 Å². The summed E-state index contributed by atoms with van der Waals surface area (Å²) in [5.74, 6) is -1.04. The first kappa shape index (κ1) is 18.6. The van der Waals surface area contributed by atoms with E-state index in [1.54, 1.807) is 5.06 Å². The van der Waals surface area contributed by atoms with Gasteiger partial charge in [-0.05, 0) is 30.2 Å². The van der Waals surface area contributed by atoms with Crippen molar-refractivity contribution >= 4 is 17.5 Å². The minimum absolute atomic E-state index is 0.183. The Morgan fingerprint density at radius 1 is 0.800 bits per heavy atom. The normalized spacial score (nSPS) is 23.2. The quantitative estimate of drug-likeness (QED) is 0.623. The summed E-state index contributed by atoms with van der Waals surface area (Å²) in [5, 5.41) is 1.73. The monoisotopic (exact) mass is 398 g/mol. The van der Waals surface area contributed by atoms with E-state index >= 15 is 0 Å². The maximum atomic E-state index is 13.4. The number of carbonyl (C=O) groups is 2. The van der Waals surface area contributed by atoms with Gasteiger partial charge < -0.3 is 0 Å². The van der Waals surface area contributed by atoms with Gasteiger partial charge in [0, 0.05) is 0 Å². The second-order valence-electron chi connectivity index (χ2n) is 7.82. The van der Waals surface area contributed by atoms with E-state index in [2.05, 4.69) is 0 Å². The summed E-state index contributed by atoms with van der Waals surface area (Å²) in [5.41, 5.74) is 3.85. The molecular weight excluding hydrogens is 376 g/mol. The minimum Gasteiger partial charge on any atom is -0.275 e. The highest BCUT2D eigenvalue weighted by Gasteiger charge is 2.59. The average Bonchev–Trinajstić information content (AvgIpc) is 3.28. The van der Waals surface area contributed by atoms with Gasteiger partial charge in [-0.25, -0.2) is 5.06 Å². The molecule has 5 rings (SSSR count). The van der Waals surface area contributed by atoms with Crippen molar-refractivity contribution in [3.63, 3.8) is 0 Å². The van der Waals surface area contributed by atoms with Crippen molar-refractivity contribution in [3.8, 4) is 0 Å². The van der Waals surface area contributed by atoms with Gasteiger partial charge in [-0.1, -0.05) is 78.4 Å². The molecule has 2 heterocycles. The summed E-state index contributed by atoms with van der Waals surface area (Å²) in [6, 6.07) is 26.9. The van der Waals surface area contributed by atoms with Gasteiger partial charge >= 0.3 is 0 Å². The third-order valence-electron chi connectivity index (χ3n) is 5.82. The standard InChI is InChI=1S/C25H22N2O3/c1-17-12-14-19(15-13-17)22-21-23(30-27(22)20-10-6-3-7-11-20)25(29)26(24(21)28)16-18-8-4-2-5-9-18/h2-15,21-23H,16H2,1H3/t21-,22-,23-/m1/s1. The molecule has 0 aromatic heterocycles. The summed E-state index contributed by atoms with van der Waals surface area (Å²) in [6.07, 6.45) is -0.812. The van der Waals surface area contributed by atoms with E-state index in [0.717, 1.165) is 22.4 Å². The number of imide groups is 1. The number of hydrogen-bond donors (Lipinski definition) is 0. The summed E-state index contributed by atoms with van der Waals surface area (Å²) in [6.45, 7) is 2.29. The first-order valence-electron chi connectivity index (χ1n) is 10.1. The lowest BCUT2D eigenvalue weighted by Crippen LogP contribution is -2.36. The Balaban J connectivity index is 1.52. The Labute approximate surface area is 175 Å². The lowest BCUT2D eigenvalue weighted by atomic mass is 9.90. The molecule has 2 amide bonds. The molecule has 3 atom stereocenters. The van der Waals surface area contributed by atoms with Crippen molar-refractivity contribution in [1.82, 2.24) is 4.90 Å². The lowest BCUT2D eigenvalue weighted by Gasteiger charge is -2.28. The molecule has 3 aromatic rings. The molecule has 30 heavy (non-hydrogen) atoms. The number of amides is 2. The molecule has 0 bridgehead atoms. The number of hydroxylamine groups is 1. The van der Waals surface area contributed by atoms with E-state index in [-0.39, 0.29) is 24.4 Å². The smallest absolute Gasteiger partial charge is 0.262 e. The Morgan fingerprint density at radius 3 is 2.10 bits per heavy atom. The van der Waals surface area contributed by atoms with Crippen molar-refractivity contribution < 1.29 is 14.4 Å². The summed E-state index contributed by atoms with van der Waals surface area (Å²) in [7, 11) is 0. The van der Waals surface area contributed by atoms with Crippen LogP contribution in [0.25, 0.3) is 0 Å². The predicted molar refractivity (Wildman–Crippen MR) is 113 cm³/mol. The van der Waals surface area contributed by atoms with Gasteiger partial charge in [-0.15, -0.1) is 0 Å². The molecule has 2 fully saturated rings. The highest BCUT2D eigenvalue weighted by molar-refractivity contribution is 6.07. The van der Waals surface area contributed by atoms with Gasteiger partial charge in [0.15, 0.2) is 6.10 Å². The van der Waals surface area contributed by atoms with Crippen molar-refractivity contribution in [2.45, 2.75) is 25.6 Å². The predicted octanol–water partition coefficient (Wildman–Crippen LogP) is 4.04. The van der Waals surface area contributed by atoms with Crippen molar-refractivity contribution in [1.29, 1.82) is 0 Å². The molecule has 5 nitrogen and oxygen atoms in total. The molecule has 5 heteroatoms. The summed E-state index contributed by atoms with van der Waals surface area (Å²) in [4.78, 5) is 34.1. The van der Waals surface area contributed by atoms with Gasteiger partial charge in [0.25, 0.3) is 5.91 Å². The zero-order chi connectivity index (χ0) is 20.7. The first-order valence-corrected chi connectivity index (χ1v) is 10.1. The van der Waals surface area contributed by atoms with E-state index in [1.807, 2.05) is 91.9 Å². The van der Waals surface area contributed by atoms with Crippen LogP contribution in [0.2, 0.25) is 0 Å². The van der Waals surface area contributed by atoms with E-state index in [9.17, 15) is 9.59 Å². The van der Waals surface area contributed by atoms with Crippen LogP contribution in [0.3, 0.4) is 0 Å². The topological polar surface area (TPSA) is 49.9 Å². The molecule has 2 saturated heterocycles. The fourth-order valence-corrected chi connectivity index (χ4v) is 4.29. The number of rotatable bonds is 4. The molecule has 2 aliphatic rings. The number of hydrogen-bond acceptors (Lipinski definition) is 4. The van der Waals surface area contributed by atoms with Crippen LogP contribution in [0.15, 0.2) is 84.9 Å². The zero-order valence-electron chi connectivity index (χ0n) is 16.6. The van der Waals surface area contributed by atoms with E-state index < -0.39 is 12.0 Å². The highest BCUT2D eigenvalue weighted by atomic mass is 16.7.